The minimum absolute atomic E-state index is 0.505. The van der Waals surface area contributed by atoms with E-state index in [-0.39, 0.29) is 0 Å². The number of aliphatic hydroxyl groups is 1. The molecule has 5 heteroatoms. The van der Waals surface area contributed by atoms with Crippen LogP contribution in [0.2, 0.25) is 0 Å². The maximum Gasteiger partial charge on any atom is 0.322 e. The topological polar surface area (TPSA) is 101 Å². The number of aliphatic hydroxyl groups excluding tert-OH is 1. The van der Waals surface area contributed by atoms with Gasteiger partial charge in [0.05, 0.1) is 6.61 Å². The summed E-state index contributed by atoms with van der Waals surface area (Å²) in [6.07, 6.45) is 0.833. The van der Waals surface area contributed by atoms with Gasteiger partial charge in [-0.05, 0) is 0 Å². The first-order chi connectivity index (χ1) is 8.11. The quantitative estimate of drug-likeness (QED) is 0.683. The van der Waals surface area contributed by atoms with Crippen molar-refractivity contribution in [3.05, 3.63) is 35.9 Å². The molecule has 0 spiro atoms. The summed E-state index contributed by atoms with van der Waals surface area (Å²) in [6, 6.07) is 7.97. The van der Waals surface area contributed by atoms with Gasteiger partial charge in [0, 0.05) is 5.56 Å². The Hall–Kier alpha value is -1.72. The van der Waals surface area contributed by atoms with Gasteiger partial charge in [-0.2, -0.15) is 0 Å². The highest BCUT2D eigenvalue weighted by molar-refractivity contribution is 5.74. The zero-order valence-corrected chi connectivity index (χ0v) is 10.0. The lowest BCUT2D eigenvalue weighted by molar-refractivity contribution is -0.139. The number of carbonyl (C=O) groups is 2. The molecule has 0 fully saturated rings. The second-order valence-electron chi connectivity index (χ2n) is 2.66. The van der Waals surface area contributed by atoms with Gasteiger partial charge in [-0.3, -0.25) is 9.59 Å². The van der Waals surface area contributed by atoms with Crippen molar-refractivity contribution >= 4 is 12.3 Å². The molecule has 0 bridgehead atoms. The summed E-state index contributed by atoms with van der Waals surface area (Å²) in [5.41, 5.74) is 5.50. The van der Waals surface area contributed by atoms with E-state index in [0.29, 0.717) is 0 Å². The maximum atomic E-state index is 10.0. The molecule has 1 rings (SSSR count). The van der Waals surface area contributed by atoms with Crippen molar-refractivity contribution in [1.29, 1.82) is 0 Å². The third-order valence-electron chi connectivity index (χ3n) is 1.45. The summed E-state index contributed by atoms with van der Waals surface area (Å²) in [6.45, 7) is 3.50. The van der Waals surface area contributed by atoms with Crippen LogP contribution in [-0.4, -0.2) is 35.1 Å². The van der Waals surface area contributed by atoms with Crippen LogP contribution < -0.4 is 5.73 Å². The molecule has 0 aliphatic rings. The van der Waals surface area contributed by atoms with Crippen molar-refractivity contribution in [3.8, 4) is 0 Å². The van der Waals surface area contributed by atoms with Crippen LogP contribution in [0.15, 0.2) is 30.3 Å². The molecule has 1 atom stereocenters. The molecule has 5 nitrogen and oxygen atoms in total. The van der Waals surface area contributed by atoms with Crippen molar-refractivity contribution in [2.24, 2.45) is 5.73 Å². The second kappa shape index (κ2) is 12.4. The van der Waals surface area contributed by atoms with Crippen LogP contribution in [0.4, 0.5) is 0 Å². The van der Waals surface area contributed by atoms with Crippen molar-refractivity contribution in [1.82, 2.24) is 0 Å². The number of aldehydes is 1. The van der Waals surface area contributed by atoms with Gasteiger partial charge in [0.25, 0.3) is 0 Å². The first-order valence-electron chi connectivity index (χ1n) is 5.21. The standard InChI is InChI=1S/C7H6O.C3H7NO3.C2H6/c8-6-7-4-2-1-3-5-7;4-2(1-5)3(6)7;1-2/h1-6H;2,5H,1,4H2,(H,6,7);1-2H3. The summed E-state index contributed by atoms with van der Waals surface area (Å²) in [5.74, 6) is -1.18. The third kappa shape index (κ3) is 10.6. The number of hydrogen-bond acceptors (Lipinski definition) is 4. The maximum absolute atomic E-state index is 10.0. The fraction of sp³-hybridized carbons (Fsp3) is 0.333. The Morgan fingerprint density at radius 1 is 1.35 bits per heavy atom. The number of benzene rings is 1. The number of carboxylic acids is 1. The second-order valence-corrected chi connectivity index (χ2v) is 2.66. The van der Waals surface area contributed by atoms with Crippen molar-refractivity contribution in [3.63, 3.8) is 0 Å². The van der Waals surface area contributed by atoms with Crippen LogP contribution in [0.25, 0.3) is 0 Å². The van der Waals surface area contributed by atoms with Gasteiger partial charge in [0.1, 0.15) is 12.3 Å². The normalized spacial score (nSPS) is 9.88. The lowest BCUT2D eigenvalue weighted by Crippen LogP contribution is -2.33. The van der Waals surface area contributed by atoms with Gasteiger partial charge < -0.3 is 15.9 Å². The Balaban J connectivity index is 0. The molecule has 0 aliphatic heterocycles. The fourth-order valence-corrected chi connectivity index (χ4v) is 0.610. The van der Waals surface area contributed by atoms with Gasteiger partial charge in [-0.1, -0.05) is 44.2 Å². The molecule has 17 heavy (non-hydrogen) atoms. The zero-order valence-electron chi connectivity index (χ0n) is 10.0. The average Bonchev–Trinajstić information content (AvgIpc) is 2.41. The molecular formula is C12H19NO4. The average molecular weight is 241 g/mol. The fourth-order valence-electron chi connectivity index (χ4n) is 0.610. The Bertz CT molecular complexity index is 301. The van der Waals surface area contributed by atoms with E-state index in [2.05, 4.69) is 0 Å². The first-order valence-corrected chi connectivity index (χ1v) is 5.21. The van der Waals surface area contributed by atoms with E-state index in [1.54, 1.807) is 12.1 Å². The molecule has 0 aliphatic carbocycles. The molecule has 0 amide bonds. The number of carboxylic acid groups (broad SMARTS) is 1. The number of carbonyl (C=O) groups excluding carboxylic acids is 1. The van der Waals surface area contributed by atoms with Crippen LogP contribution in [0.3, 0.4) is 0 Å². The van der Waals surface area contributed by atoms with Gasteiger partial charge in [0.15, 0.2) is 0 Å². The van der Waals surface area contributed by atoms with E-state index in [1.807, 2.05) is 32.0 Å². The molecule has 0 radical (unpaired) electrons. The third-order valence-corrected chi connectivity index (χ3v) is 1.45. The predicted octanol–water partition coefficient (Wildman–Crippen LogP) is 0.916. The Morgan fingerprint density at radius 2 is 1.82 bits per heavy atom. The number of rotatable bonds is 3. The summed E-state index contributed by atoms with van der Waals surface area (Å²) in [4.78, 5) is 19.7. The van der Waals surface area contributed by atoms with E-state index in [0.717, 1.165) is 11.8 Å². The smallest absolute Gasteiger partial charge is 0.322 e. The lowest BCUT2D eigenvalue weighted by atomic mass is 10.2. The number of aliphatic carboxylic acids is 1. The molecule has 1 unspecified atom stereocenters. The van der Waals surface area contributed by atoms with Crippen LogP contribution in [0, 0.1) is 0 Å². The molecule has 1 aromatic rings. The summed E-state index contributed by atoms with van der Waals surface area (Å²) in [7, 11) is 0. The van der Waals surface area contributed by atoms with E-state index in [1.165, 1.54) is 0 Å². The van der Waals surface area contributed by atoms with Crippen LogP contribution in [0.5, 0.6) is 0 Å². The monoisotopic (exact) mass is 241 g/mol. The molecule has 1 aromatic carbocycles. The Labute approximate surface area is 101 Å². The first kappa shape index (κ1) is 17.7. The Kier molecular flexibility index (Phi) is 12.8. The van der Waals surface area contributed by atoms with Crippen molar-refractivity contribution < 1.29 is 19.8 Å². The largest absolute Gasteiger partial charge is 0.480 e. The van der Waals surface area contributed by atoms with E-state index >= 15 is 0 Å². The predicted molar refractivity (Wildman–Crippen MR) is 65.9 cm³/mol. The number of hydrogen-bond donors (Lipinski definition) is 3. The molecule has 0 heterocycles. The zero-order chi connectivity index (χ0) is 13.7. The van der Waals surface area contributed by atoms with E-state index < -0.39 is 18.6 Å². The van der Waals surface area contributed by atoms with Gasteiger partial charge in [0.2, 0.25) is 0 Å². The van der Waals surface area contributed by atoms with Gasteiger partial charge >= 0.3 is 5.97 Å². The molecular weight excluding hydrogens is 222 g/mol. The van der Waals surface area contributed by atoms with E-state index in [4.69, 9.17) is 15.9 Å². The molecule has 4 N–H and O–H groups in total. The highest BCUT2D eigenvalue weighted by atomic mass is 16.4. The van der Waals surface area contributed by atoms with Crippen LogP contribution in [-0.2, 0) is 4.79 Å². The SMILES string of the molecule is CC.NC(CO)C(=O)O.O=Cc1ccccc1. The van der Waals surface area contributed by atoms with Crippen molar-refractivity contribution in [2.75, 3.05) is 6.61 Å². The molecule has 0 saturated carbocycles. The summed E-state index contributed by atoms with van der Waals surface area (Å²) in [5, 5.41) is 15.9. The van der Waals surface area contributed by atoms with Crippen LogP contribution >= 0.6 is 0 Å². The molecule has 96 valence electrons. The summed E-state index contributed by atoms with van der Waals surface area (Å²) < 4.78 is 0. The highest BCUT2D eigenvalue weighted by Crippen LogP contribution is 1.91. The van der Waals surface area contributed by atoms with Crippen molar-refractivity contribution in [2.45, 2.75) is 19.9 Å². The highest BCUT2D eigenvalue weighted by Gasteiger charge is 2.06. The minimum Gasteiger partial charge on any atom is -0.480 e. The van der Waals surface area contributed by atoms with Crippen LogP contribution in [0.1, 0.15) is 24.2 Å². The van der Waals surface area contributed by atoms with Gasteiger partial charge in [-0.15, -0.1) is 0 Å². The minimum atomic E-state index is -1.18. The molecule has 0 aromatic heterocycles. The lowest BCUT2D eigenvalue weighted by Gasteiger charge is -1.96. The molecule has 0 saturated heterocycles. The Morgan fingerprint density at radius 3 is 2.00 bits per heavy atom. The summed E-state index contributed by atoms with van der Waals surface area (Å²) >= 11 is 0. The van der Waals surface area contributed by atoms with E-state index in [9.17, 15) is 9.59 Å². The number of nitrogens with two attached hydrogens (primary N) is 1. The van der Waals surface area contributed by atoms with Gasteiger partial charge in [-0.25, -0.2) is 0 Å².